The van der Waals surface area contributed by atoms with Crippen molar-refractivity contribution in [2.45, 2.75) is 65.2 Å². The lowest BCUT2D eigenvalue weighted by molar-refractivity contribution is 0.415. The third-order valence-corrected chi connectivity index (χ3v) is 8.08. The summed E-state index contributed by atoms with van der Waals surface area (Å²) < 4.78 is 0. The van der Waals surface area contributed by atoms with Crippen LogP contribution in [0.5, 0.6) is 11.5 Å². The first kappa shape index (κ1) is 25.8. The molecule has 0 bridgehead atoms. The third-order valence-electron chi connectivity index (χ3n) is 8.08. The molecule has 2 aromatic rings. The minimum atomic E-state index is 0.0765. The average Bonchev–Trinajstić information content (AvgIpc) is 2.83. The van der Waals surface area contributed by atoms with Gasteiger partial charge >= 0.3 is 0 Å². The first-order chi connectivity index (χ1) is 17.2. The van der Waals surface area contributed by atoms with Crippen LogP contribution >= 0.6 is 0 Å². The number of rotatable bonds is 6. The van der Waals surface area contributed by atoms with Gasteiger partial charge in [0, 0.05) is 23.0 Å². The Bertz CT molecular complexity index is 1240. The predicted molar refractivity (Wildman–Crippen MR) is 153 cm³/mol. The molecule has 0 aromatic heterocycles. The molecule has 0 saturated heterocycles. The molecular weight excluding hydrogens is 440 g/mol. The molecule has 0 spiro atoms. The quantitative estimate of drug-likeness (QED) is 0.319. The molecule has 0 saturated carbocycles. The second-order valence-electron chi connectivity index (χ2n) is 11.0. The molecule has 2 nitrogen and oxygen atoms in total. The smallest absolute Gasteiger partial charge is 0.123 e. The van der Waals surface area contributed by atoms with Crippen molar-refractivity contribution in [1.29, 1.82) is 0 Å². The molecule has 0 heterocycles. The number of aromatic hydroxyl groups is 2. The van der Waals surface area contributed by atoms with Crippen LogP contribution < -0.4 is 0 Å². The van der Waals surface area contributed by atoms with Gasteiger partial charge < -0.3 is 10.2 Å². The van der Waals surface area contributed by atoms with Crippen LogP contribution in [0.1, 0.15) is 87.5 Å². The summed E-state index contributed by atoms with van der Waals surface area (Å²) in [6.07, 6.45) is 13.1. The summed E-state index contributed by atoms with van der Waals surface area (Å²) in [6, 6.07) is 11.5. The van der Waals surface area contributed by atoms with Gasteiger partial charge in [0.2, 0.25) is 0 Å². The highest BCUT2D eigenvalue weighted by atomic mass is 16.3. The van der Waals surface area contributed by atoms with Gasteiger partial charge in [-0.3, -0.25) is 0 Å². The third kappa shape index (κ3) is 5.43. The fraction of sp³-hybridized carbons (Fsp3) is 0.353. The fourth-order valence-corrected chi connectivity index (χ4v) is 6.01. The summed E-state index contributed by atoms with van der Waals surface area (Å²) in [5.41, 5.74) is 9.09. The maximum atomic E-state index is 12.0. The Labute approximate surface area is 217 Å². The first-order valence-corrected chi connectivity index (χ1v) is 13.1. The van der Waals surface area contributed by atoms with Crippen LogP contribution in [0.4, 0.5) is 0 Å². The molecule has 2 aromatic carbocycles. The minimum Gasteiger partial charge on any atom is -0.508 e. The molecule has 0 aliphatic heterocycles. The molecule has 188 valence electrons. The van der Waals surface area contributed by atoms with E-state index in [2.05, 4.69) is 71.2 Å². The van der Waals surface area contributed by atoms with Crippen LogP contribution in [0.15, 0.2) is 84.0 Å². The molecule has 0 radical (unpaired) electrons. The molecule has 4 rings (SSSR count). The number of benzene rings is 2. The van der Waals surface area contributed by atoms with E-state index < -0.39 is 0 Å². The minimum absolute atomic E-state index is 0.0765. The van der Waals surface area contributed by atoms with Gasteiger partial charge in [0.15, 0.2) is 0 Å². The number of phenolic OH excluding ortho intramolecular Hbond substituents is 2. The van der Waals surface area contributed by atoms with Crippen molar-refractivity contribution in [3.8, 4) is 11.5 Å². The topological polar surface area (TPSA) is 40.5 Å². The highest BCUT2D eigenvalue weighted by Crippen LogP contribution is 2.49. The van der Waals surface area contributed by atoms with Gasteiger partial charge in [-0.05, 0) is 88.5 Å². The second-order valence-corrected chi connectivity index (χ2v) is 11.0. The number of phenols is 2. The molecule has 2 aliphatic carbocycles. The Morgan fingerprint density at radius 2 is 1.33 bits per heavy atom. The summed E-state index contributed by atoms with van der Waals surface area (Å²) in [7, 11) is 0. The van der Waals surface area contributed by atoms with E-state index in [1.807, 2.05) is 18.2 Å². The van der Waals surface area contributed by atoms with E-state index in [4.69, 9.17) is 0 Å². The van der Waals surface area contributed by atoms with Gasteiger partial charge in [0.1, 0.15) is 11.5 Å². The summed E-state index contributed by atoms with van der Waals surface area (Å²) >= 11 is 0. The van der Waals surface area contributed by atoms with Crippen molar-refractivity contribution in [2.24, 2.45) is 11.8 Å². The van der Waals surface area contributed by atoms with Crippen LogP contribution in [-0.4, -0.2) is 10.2 Å². The van der Waals surface area contributed by atoms with E-state index >= 15 is 0 Å². The van der Waals surface area contributed by atoms with Crippen molar-refractivity contribution < 1.29 is 10.2 Å². The van der Waals surface area contributed by atoms with Gasteiger partial charge in [-0.25, -0.2) is 0 Å². The van der Waals surface area contributed by atoms with Crippen LogP contribution in [0, 0.1) is 11.8 Å². The van der Waals surface area contributed by atoms with E-state index in [0.29, 0.717) is 11.7 Å². The zero-order valence-corrected chi connectivity index (χ0v) is 22.2. The lowest BCUT2D eigenvalue weighted by Crippen LogP contribution is -2.20. The van der Waals surface area contributed by atoms with Crippen molar-refractivity contribution in [3.63, 3.8) is 0 Å². The Hall–Kier alpha value is -3.26. The highest BCUT2D eigenvalue weighted by molar-refractivity contribution is 5.74. The fourth-order valence-electron chi connectivity index (χ4n) is 6.01. The molecule has 2 heteroatoms. The molecule has 2 N–H and O–H groups in total. The summed E-state index contributed by atoms with van der Waals surface area (Å²) in [5.74, 6) is 1.48. The van der Waals surface area contributed by atoms with E-state index in [0.717, 1.165) is 53.5 Å². The van der Waals surface area contributed by atoms with E-state index in [1.54, 1.807) is 12.1 Å². The van der Waals surface area contributed by atoms with Crippen molar-refractivity contribution >= 4 is 12.2 Å². The van der Waals surface area contributed by atoms with Gasteiger partial charge in [-0.15, -0.1) is 0 Å². The number of hydrogen-bond acceptors (Lipinski definition) is 2. The molecule has 36 heavy (non-hydrogen) atoms. The summed E-state index contributed by atoms with van der Waals surface area (Å²) in [6.45, 7) is 17.2. The van der Waals surface area contributed by atoms with Crippen molar-refractivity contribution in [1.82, 2.24) is 0 Å². The Kier molecular flexibility index (Phi) is 7.73. The highest BCUT2D eigenvalue weighted by Gasteiger charge is 2.33. The maximum absolute atomic E-state index is 12.0. The molecule has 4 atom stereocenters. The zero-order valence-electron chi connectivity index (χ0n) is 22.2. The second kappa shape index (κ2) is 10.8. The Balaban J connectivity index is 1.89. The number of hydrogen-bond donors (Lipinski definition) is 2. The van der Waals surface area contributed by atoms with Gasteiger partial charge in [0.05, 0.1) is 0 Å². The van der Waals surface area contributed by atoms with Crippen molar-refractivity contribution in [3.05, 3.63) is 106 Å². The van der Waals surface area contributed by atoms with Gasteiger partial charge in [0.25, 0.3) is 0 Å². The lowest BCUT2D eigenvalue weighted by atomic mass is 9.70. The number of allylic oxidation sites excluding steroid dienone is 6. The monoisotopic (exact) mass is 480 g/mol. The van der Waals surface area contributed by atoms with Gasteiger partial charge in [-0.2, -0.15) is 0 Å². The van der Waals surface area contributed by atoms with E-state index in [-0.39, 0.29) is 23.5 Å². The van der Waals surface area contributed by atoms with Crippen LogP contribution in [0.3, 0.4) is 0 Å². The van der Waals surface area contributed by atoms with E-state index in [1.165, 1.54) is 16.7 Å². The molecule has 0 amide bonds. The Morgan fingerprint density at radius 3 is 1.92 bits per heavy atom. The predicted octanol–water partition coefficient (Wildman–Crippen LogP) is 9.30. The van der Waals surface area contributed by atoms with Crippen LogP contribution in [0.25, 0.3) is 12.2 Å². The van der Waals surface area contributed by atoms with Crippen LogP contribution in [0.2, 0.25) is 0 Å². The molecule has 2 aliphatic rings. The summed E-state index contributed by atoms with van der Waals surface area (Å²) in [5, 5.41) is 21.6. The normalized spacial score (nSPS) is 24.3. The van der Waals surface area contributed by atoms with Crippen molar-refractivity contribution in [2.75, 3.05) is 0 Å². The standard InChI is InChI=1S/C34H40O2/c1-21(2)28-16-7-23(5)19-31(28)30-18-13-26(12-9-25-10-14-27(35)15-11-25)33(34(30)36)32-20-24(6)8-17-29(32)22(3)4/h9-15,18-20,28-29,31-32,35-36H,1,3,7-8,16-17H2,2,4-6H3/b12-9+. The lowest BCUT2D eigenvalue weighted by Gasteiger charge is -2.35. The Morgan fingerprint density at radius 1 is 0.778 bits per heavy atom. The first-order valence-electron chi connectivity index (χ1n) is 13.1. The zero-order chi connectivity index (χ0) is 26.0. The SMILES string of the molecule is C=C(C)C1CCC(C)=CC1c1ccc(/C=C/c2ccc(O)cc2)c(C2C=C(C)CCC2C(=C)C)c1O. The van der Waals surface area contributed by atoms with E-state index in [9.17, 15) is 10.2 Å². The average molecular weight is 481 g/mol. The van der Waals surface area contributed by atoms with Crippen LogP contribution in [-0.2, 0) is 0 Å². The molecule has 0 fully saturated rings. The summed E-state index contributed by atoms with van der Waals surface area (Å²) in [4.78, 5) is 0. The molecular formula is C34H40O2. The maximum Gasteiger partial charge on any atom is 0.123 e. The molecule has 4 unspecified atom stereocenters. The van der Waals surface area contributed by atoms with Gasteiger partial charge in [-0.1, -0.05) is 84.0 Å². The largest absolute Gasteiger partial charge is 0.508 e.